The normalized spacial score (nSPS) is 14.7. The molecule has 41 heavy (non-hydrogen) atoms. The van der Waals surface area contributed by atoms with Gasteiger partial charge in [-0.25, -0.2) is 14.6 Å². The molecule has 0 fully saturated rings. The van der Waals surface area contributed by atoms with Crippen molar-refractivity contribution in [3.05, 3.63) is 109 Å². The topological polar surface area (TPSA) is 119 Å². The minimum atomic E-state index is -0.740. The molecular weight excluding hydrogens is 548 g/mol. The van der Waals surface area contributed by atoms with E-state index in [2.05, 4.69) is 4.99 Å². The number of aromatic nitrogens is 1. The highest BCUT2D eigenvalue weighted by Gasteiger charge is 2.33. The van der Waals surface area contributed by atoms with Gasteiger partial charge < -0.3 is 23.4 Å². The third-order valence-electron chi connectivity index (χ3n) is 6.36. The predicted octanol–water partition coefficient (Wildman–Crippen LogP) is 3.63. The van der Waals surface area contributed by atoms with E-state index in [4.69, 9.17) is 23.4 Å². The molecule has 3 heterocycles. The summed E-state index contributed by atoms with van der Waals surface area (Å²) in [5.41, 5.74) is 1.78. The van der Waals surface area contributed by atoms with Crippen LogP contribution in [-0.2, 0) is 9.53 Å². The van der Waals surface area contributed by atoms with Crippen LogP contribution in [0.2, 0.25) is 0 Å². The molecule has 0 saturated heterocycles. The molecule has 2 aromatic heterocycles. The highest BCUT2D eigenvalue weighted by Crippen LogP contribution is 2.32. The van der Waals surface area contributed by atoms with Crippen LogP contribution in [0.3, 0.4) is 0 Å². The molecular formula is C30H26N2O8S. The molecule has 0 aliphatic carbocycles. The van der Waals surface area contributed by atoms with Gasteiger partial charge in [-0.2, -0.15) is 0 Å². The Morgan fingerprint density at radius 1 is 1.05 bits per heavy atom. The molecule has 4 aromatic rings. The maximum absolute atomic E-state index is 13.8. The summed E-state index contributed by atoms with van der Waals surface area (Å²) in [4.78, 5) is 44.2. The highest BCUT2D eigenvalue weighted by molar-refractivity contribution is 7.07. The van der Waals surface area contributed by atoms with E-state index in [1.807, 2.05) is 12.1 Å². The minimum Gasteiger partial charge on any atom is -0.497 e. The smallest absolute Gasteiger partial charge is 0.379 e. The zero-order valence-corrected chi connectivity index (χ0v) is 23.5. The van der Waals surface area contributed by atoms with Gasteiger partial charge in [0, 0.05) is 0 Å². The van der Waals surface area contributed by atoms with Gasteiger partial charge in [-0.3, -0.25) is 9.36 Å². The van der Waals surface area contributed by atoms with Crippen LogP contribution in [-0.4, -0.2) is 37.3 Å². The van der Waals surface area contributed by atoms with Crippen LogP contribution in [0.5, 0.6) is 17.2 Å². The maximum atomic E-state index is 13.8. The van der Waals surface area contributed by atoms with Gasteiger partial charge in [-0.15, -0.1) is 0 Å². The number of ether oxygens (including phenoxy) is 4. The molecule has 0 bridgehead atoms. The van der Waals surface area contributed by atoms with Crippen molar-refractivity contribution in [2.45, 2.75) is 19.9 Å². The van der Waals surface area contributed by atoms with Crippen LogP contribution in [0, 0.1) is 0 Å². The van der Waals surface area contributed by atoms with Crippen molar-refractivity contribution in [1.82, 2.24) is 4.57 Å². The first kappa shape index (κ1) is 27.7. The summed E-state index contributed by atoms with van der Waals surface area (Å²) in [6.07, 6.45) is 3.07. The third-order valence-corrected chi connectivity index (χ3v) is 7.34. The monoisotopic (exact) mass is 574 g/mol. The van der Waals surface area contributed by atoms with Gasteiger partial charge in [-0.05, 0) is 67.4 Å². The lowest BCUT2D eigenvalue weighted by Gasteiger charge is -2.24. The van der Waals surface area contributed by atoms with Gasteiger partial charge in [0.25, 0.3) is 5.56 Å². The Morgan fingerprint density at radius 3 is 2.49 bits per heavy atom. The quantitative estimate of drug-likeness (QED) is 0.231. The number of furan rings is 1. The number of methoxy groups -OCH3 is 2. The standard InChI is InChI=1S/C30H26N2O8S/c1-5-38-29(35)25-17(2)31-30-32(26(25)19-9-11-20(36-3)12-10-19)27(33)24(41-30)16-18-8-13-21(23(15-18)37-4)40-28(34)22-7-6-14-39-22/h6-16,26H,5H2,1-4H3/b24-16-/t26-/m1/s1. The number of rotatable bonds is 8. The lowest BCUT2D eigenvalue weighted by atomic mass is 9.96. The number of nitrogens with zero attached hydrogens (tertiary/aromatic N) is 2. The van der Waals surface area contributed by atoms with Crippen LogP contribution in [0.1, 0.15) is 41.6 Å². The molecule has 2 aromatic carbocycles. The number of fused-ring (bicyclic) bond motifs is 1. The van der Waals surface area contributed by atoms with Gasteiger partial charge in [0.2, 0.25) is 5.76 Å². The van der Waals surface area contributed by atoms with E-state index in [-0.39, 0.29) is 23.7 Å². The van der Waals surface area contributed by atoms with Crippen molar-refractivity contribution in [3.8, 4) is 17.2 Å². The Bertz CT molecular complexity index is 1820. The zero-order chi connectivity index (χ0) is 29.1. The van der Waals surface area contributed by atoms with E-state index in [0.29, 0.717) is 43.2 Å². The van der Waals surface area contributed by atoms with Gasteiger partial charge >= 0.3 is 11.9 Å². The first-order chi connectivity index (χ1) is 19.8. The Kier molecular flexibility index (Phi) is 7.88. The fourth-order valence-corrected chi connectivity index (χ4v) is 5.49. The predicted molar refractivity (Wildman–Crippen MR) is 150 cm³/mol. The second-order valence-electron chi connectivity index (χ2n) is 8.85. The summed E-state index contributed by atoms with van der Waals surface area (Å²) >= 11 is 1.20. The number of benzene rings is 2. The maximum Gasteiger partial charge on any atom is 0.379 e. The second kappa shape index (κ2) is 11.7. The van der Waals surface area contributed by atoms with Gasteiger partial charge in [-0.1, -0.05) is 29.5 Å². The molecule has 1 aliphatic rings. The van der Waals surface area contributed by atoms with Crippen molar-refractivity contribution in [2.75, 3.05) is 20.8 Å². The van der Waals surface area contributed by atoms with Gasteiger partial charge in [0.1, 0.15) is 5.75 Å². The molecule has 0 unspecified atom stereocenters. The SMILES string of the molecule is CCOC(=O)C1=C(C)N=c2s/c(=C\c3ccc(OC(=O)c4ccco4)c(OC)c3)c(=O)n2[C@@H]1c1ccc(OC)cc1. The Balaban J connectivity index is 1.58. The Hall–Kier alpha value is -4.90. The van der Waals surface area contributed by atoms with E-state index < -0.39 is 18.0 Å². The average molecular weight is 575 g/mol. The summed E-state index contributed by atoms with van der Waals surface area (Å²) in [6.45, 7) is 3.64. The molecule has 0 N–H and O–H groups in total. The molecule has 210 valence electrons. The fraction of sp³-hybridized carbons (Fsp3) is 0.200. The molecule has 11 heteroatoms. The average Bonchev–Trinajstić information content (AvgIpc) is 3.62. The molecule has 1 aliphatic heterocycles. The van der Waals surface area contributed by atoms with Crippen molar-refractivity contribution >= 4 is 29.4 Å². The van der Waals surface area contributed by atoms with Gasteiger partial charge in [0.15, 0.2) is 16.3 Å². The number of thiazole rings is 1. The number of hydrogen-bond donors (Lipinski definition) is 0. The van der Waals surface area contributed by atoms with Crippen molar-refractivity contribution in [2.24, 2.45) is 4.99 Å². The summed E-state index contributed by atoms with van der Waals surface area (Å²) in [6, 6.07) is 14.4. The first-order valence-electron chi connectivity index (χ1n) is 12.6. The van der Waals surface area contributed by atoms with Crippen molar-refractivity contribution < 1.29 is 33.0 Å². The number of hydrogen-bond acceptors (Lipinski definition) is 10. The van der Waals surface area contributed by atoms with Crippen LogP contribution >= 0.6 is 11.3 Å². The number of carbonyl (C=O) groups excluding carboxylic acids is 2. The molecule has 0 spiro atoms. The summed E-state index contributed by atoms with van der Waals surface area (Å²) in [5, 5.41) is 0. The lowest BCUT2D eigenvalue weighted by molar-refractivity contribution is -0.139. The van der Waals surface area contributed by atoms with Crippen molar-refractivity contribution in [1.29, 1.82) is 0 Å². The highest BCUT2D eigenvalue weighted by atomic mass is 32.1. The first-order valence-corrected chi connectivity index (χ1v) is 13.4. The fourth-order valence-electron chi connectivity index (χ4n) is 4.45. The van der Waals surface area contributed by atoms with Crippen LogP contribution in [0.15, 0.2) is 86.3 Å². The Labute approximate surface area is 238 Å². The van der Waals surface area contributed by atoms with Crippen molar-refractivity contribution in [3.63, 3.8) is 0 Å². The summed E-state index contributed by atoms with van der Waals surface area (Å²) < 4.78 is 28.5. The van der Waals surface area contributed by atoms with E-state index in [0.717, 1.165) is 0 Å². The van der Waals surface area contributed by atoms with Crippen LogP contribution < -0.4 is 29.1 Å². The number of carbonyl (C=O) groups is 2. The number of allylic oxidation sites excluding steroid dienone is 1. The summed E-state index contributed by atoms with van der Waals surface area (Å²) in [7, 11) is 3.02. The van der Waals surface area contributed by atoms with E-state index in [1.165, 1.54) is 35.3 Å². The van der Waals surface area contributed by atoms with Gasteiger partial charge in [0.05, 0.1) is 48.9 Å². The van der Waals surface area contributed by atoms with Crippen LogP contribution in [0.4, 0.5) is 0 Å². The van der Waals surface area contributed by atoms with E-state index in [9.17, 15) is 14.4 Å². The zero-order valence-electron chi connectivity index (χ0n) is 22.7. The summed E-state index contributed by atoms with van der Waals surface area (Å²) in [5.74, 6) is -0.00783. The van der Waals surface area contributed by atoms with Crippen LogP contribution in [0.25, 0.3) is 6.08 Å². The molecule has 10 nitrogen and oxygen atoms in total. The molecule has 0 amide bonds. The Morgan fingerprint density at radius 2 is 1.83 bits per heavy atom. The third kappa shape index (κ3) is 5.44. The van der Waals surface area contributed by atoms with E-state index in [1.54, 1.807) is 63.4 Å². The minimum absolute atomic E-state index is 0.0566. The lowest BCUT2D eigenvalue weighted by Crippen LogP contribution is -2.39. The molecule has 0 radical (unpaired) electrons. The largest absolute Gasteiger partial charge is 0.497 e. The number of esters is 2. The van der Waals surface area contributed by atoms with E-state index >= 15 is 0 Å². The molecule has 1 atom stereocenters. The molecule has 0 saturated carbocycles. The second-order valence-corrected chi connectivity index (χ2v) is 9.86. The molecule has 5 rings (SSSR count).